The quantitative estimate of drug-likeness (QED) is 0.841. The molecule has 0 bridgehead atoms. The molecule has 6 nitrogen and oxygen atoms in total. The largest absolute Gasteiger partial charge is 0.465 e. The minimum Gasteiger partial charge on any atom is -0.465 e. The molecule has 0 aromatic heterocycles. The van der Waals surface area contributed by atoms with Crippen LogP contribution >= 0.6 is 0 Å². The van der Waals surface area contributed by atoms with E-state index in [1.54, 1.807) is 29.2 Å². The molecule has 1 aliphatic rings. The second-order valence-electron chi connectivity index (χ2n) is 7.00. The minimum absolute atomic E-state index is 0.210. The zero-order valence-corrected chi connectivity index (χ0v) is 14.6. The molecule has 2 rings (SSSR count). The fourth-order valence-corrected chi connectivity index (χ4v) is 2.74. The van der Waals surface area contributed by atoms with E-state index >= 15 is 0 Å². The maximum Gasteiger partial charge on any atom is 0.410 e. The molecule has 2 atom stereocenters. The van der Waals surface area contributed by atoms with Crippen molar-refractivity contribution < 1.29 is 24.2 Å². The maximum atomic E-state index is 12.2. The normalized spacial score (nSPS) is 21.3. The van der Waals surface area contributed by atoms with Crippen molar-refractivity contribution >= 4 is 12.1 Å². The molecular weight excluding hydrogens is 310 g/mol. The number of aliphatic hydroxyl groups is 1. The number of esters is 1. The van der Waals surface area contributed by atoms with E-state index in [1.165, 1.54) is 7.11 Å². The summed E-state index contributed by atoms with van der Waals surface area (Å²) in [7, 11) is 1.33. The van der Waals surface area contributed by atoms with Crippen LogP contribution in [-0.4, -0.2) is 54.0 Å². The highest BCUT2D eigenvalue weighted by atomic mass is 16.6. The van der Waals surface area contributed by atoms with Gasteiger partial charge in [-0.25, -0.2) is 9.59 Å². The SMILES string of the molecule is COC(=O)c1ccc(C2CN(C(=O)OC(C)(C)C)CC[C@H]2O)cc1. The van der Waals surface area contributed by atoms with Gasteiger partial charge in [-0.1, -0.05) is 12.1 Å². The Morgan fingerprint density at radius 2 is 1.83 bits per heavy atom. The van der Waals surface area contributed by atoms with Crippen molar-refractivity contribution in [2.75, 3.05) is 20.2 Å². The van der Waals surface area contributed by atoms with Gasteiger partial charge in [0, 0.05) is 19.0 Å². The predicted molar refractivity (Wildman–Crippen MR) is 89.0 cm³/mol. The van der Waals surface area contributed by atoms with Crippen molar-refractivity contribution in [1.29, 1.82) is 0 Å². The van der Waals surface area contributed by atoms with Crippen LogP contribution in [0.25, 0.3) is 0 Å². The van der Waals surface area contributed by atoms with Crippen LogP contribution in [0.3, 0.4) is 0 Å². The summed E-state index contributed by atoms with van der Waals surface area (Å²) in [4.78, 5) is 25.4. The van der Waals surface area contributed by atoms with Gasteiger partial charge in [0.2, 0.25) is 0 Å². The van der Waals surface area contributed by atoms with E-state index in [0.29, 0.717) is 25.1 Å². The van der Waals surface area contributed by atoms with Gasteiger partial charge in [0.25, 0.3) is 0 Å². The number of aliphatic hydroxyl groups excluding tert-OH is 1. The van der Waals surface area contributed by atoms with Gasteiger partial charge in [-0.3, -0.25) is 0 Å². The average molecular weight is 335 g/mol. The third-order valence-electron chi connectivity index (χ3n) is 3.99. The van der Waals surface area contributed by atoms with Gasteiger partial charge in [0.05, 0.1) is 18.8 Å². The number of hydrogen-bond donors (Lipinski definition) is 1. The van der Waals surface area contributed by atoms with E-state index in [0.717, 1.165) is 5.56 Å². The Morgan fingerprint density at radius 1 is 1.21 bits per heavy atom. The molecular formula is C18H25NO5. The molecule has 132 valence electrons. The molecule has 1 N–H and O–H groups in total. The van der Waals surface area contributed by atoms with Crippen molar-refractivity contribution in [3.63, 3.8) is 0 Å². The molecule has 6 heteroatoms. The van der Waals surface area contributed by atoms with Crippen molar-refractivity contribution in [2.24, 2.45) is 0 Å². The summed E-state index contributed by atoms with van der Waals surface area (Å²) < 4.78 is 10.1. The zero-order valence-electron chi connectivity index (χ0n) is 14.6. The molecule has 1 unspecified atom stereocenters. The molecule has 1 heterocycles. The van der Waals surface area contributed by atoms with E-state index in [2.05, 4.69) is 4.74 Å². The lowest BCUT2D eigenvalue weighted by atomic mass is 9.88. The van der Waals surface area contributed by atoms with Gasteiger partial charge < -0.3 is 19.5 Å². The number of nitrogens with zero attached hydrogens (tertiary/aromatic N) is 1. The van der Waals surface area contributed by atoms with E-state index in [-0.39, 0.29) is 12.0 Å². The van der Waals surface area contributed by atoms with E-state index < -0.39 is 17.7 Å². The molecule has 0 aliphatic carbocycles. The molecule has 1 saturated heterocycles. The summed E-state index contributed by atoms with van der Waals surface area (Å²) in [5, 5.41) is 10.3. The van der Waals surface area contributed by atoms with Crippen molar-refractivity contribution in [3.8, 4) is 0 Å². The highest BCUT2D eigenvalue weighted by Crippen LogP contribution is 2.28. The fraction of sp³-hybridized carbons (Fsp3) is 0.556. The van der Waals surface area contributed by atoms with E-state index in [4.69, 9.17) is 4.74 Å². The summed E-state index contributed by atoms with van der Waals surface area (Å²) in [5.74, 6) is -0.612. The molecule has 1 aromatic rings. The first-order valence-corrected chi connectivity index (χ1v) is 8.05. The first-order chi connectivity index (χ1) is 11.2. The number of amides is 1. The second kappa shape index (κ2) is 7.21. The summed E-state index contributed by atoms with van der Waals surface area (Å²) in [5.41, 5.74) is 0.782. The van der Waals surface area contributed by atoms with Gasteiger partial charge >= 0.3 is 12.1 Å². The number of carbonyl (C=O) groups excluding carboxylic acids is 2. The van der Waals surface area contributed by atoms with E-state index in [1.807, 2.05) is 20.8 Å². The van der Waals surface area contributed by atoms with Crippen LogP contribution in [0, 0.1) is 0 Å². The first-order valence-electron chi connectivity index (χ1n) is 8.05. The number of carbonyl (C=O) groups is 2. The standard InChI is InChI=1S/C18H25NO5/c1-18(2,3)24-17(22)19-10-9-15(20)14(11-19)12-5-7-13(8-6-12)16(21)23-4/h5-8,14-15,20H,9-11H2,1-4H3/t14?,15-/m1/s1. The molecule has 1 fully saturated rings. The number of hydrogen-bond acceptors (Lipinski definition) is 5. The number of ether oxygens (including phenoxy) is 2. The van der Waals surface area contributed by atoms with Crippen LogP contribution in [-0.2, 0) is 9.47 Å². The number of methoxy groups -OCH3 is 1. The van der Waals surface area contributed by atoms with Gasteiger partial charge in [-0.15, -0.1) is 0 Å². The molecule has 1 aromatic carbocycles. The molecule has 24 heavy (non-hydrogen) atoms. The van der Waals surface area contributed by atoms with Gasteiger partial charge in [0.1, 0.15) is 5.60 Å². The molecule has 0 spiro atoms. The topological polar surface area (TPSA) is 76.1 Å². The average Bonchev–Trinajstić information content (AvgIpc) is 2.53. The van der Waals surface area contributed by atoms with Crippen LogP contribution in [0.5, 0.6) is 0 Å². The van der Waals surface area contributed by atoms with Gasteiger partial charge in [-0.05, 0) is 44.9 Å². The summed E-state index contributed by atoms with van der Waals surface area (Å²) >= 11 is 0. The van der Waals surface area contributed by atoms with Crippen LogP contribution in [0.15, 0.2) is 24.3 Å². The molecule has 1 aliphatic heterocycles. The predicted octanol–water partition coefficient (Wildman–Crippen LogP) is 2.56. The summed E-state index contributed by atoms with van der Waals surface area (Å²) in [6.45, 7) is 6.33. The van der Waals surface area contributed by atoms with Crippen LogP contribution < -0.4 is 0 Å². The lowest BCUT2D eigenvalue weighted by molar-refractivity contribution is 0.00407. The second-order valence-corrected chi connectivity index (χ2v) is 7.00. The number of benzene rings is 1. The lowest BCUT2D eigenvalue weighted by Crippen LogP contribution is -2.46. The van der Waals surface area contributed by atoms with Crippen LogP contribution in [0.1, 0.15) is 49.0 Å². The zero-order chi connectivity index (χ0) is 17.9. The molecule has 1 amide bonds. The maximum absolute atomic E-state index is 12.2. The smallest absolute Gasteiger partial charge is 0.410 e. The highest BCUT2D eigenvalue weighted by Gasteiger charge is 2.33. The fourth-order valence-electron chi connectivity index (χ4n) is 2.74. The number of likely N-dealkylation sites (tertiary alicyclic amines) is 1. The Morgan fingerprint density at radius 3 is 2.38 bits per heavy atom. The Balaban J connectivity index is 2.11. The van der Waals surface area contributed by atoms with Crippen LogP contribution in [0.4, 0.5) is 4.79 Å². The Hall–Kier alpha value is -2.08. The minimum atomic E-state index is -0.551. The first kappa shape index (κ1) is 18.3. The third kappa shape index (κ3) is 4.47. The summed E-state index contributed by atoms with van der Waals surface area (Å²) in [6.07, 6.45) is -0.416. The van der Waals surface area contributed by atoms with E-state index in [9.17, 15) is 14.7 Å². The van der Waals surface area contributed by atoms with Gasteiger partial charge in [0.15, 0.2) is 0 Å². The van der Waals surface area contributed by atoms with Crippen LogP contribution in [0.2, 0.25) is 0 Å². The number of rotatable bonds is 2. The lowest BCUT2D eigenvalue weighted by Gasteiger charge is -2.37. The van der Waals surface area contributed by atoms with Crippen molar-refractivity contribution in [2.45, 2.75) is 44.8 Å². The molecule has 0 radical (unpaired) electrons. The Kier molecular flexibility index (Phi) is 5.49. The number of piperidine rings is 1. The Bertz CT molecular complexity index is 590. The van der Waals surface area contributed by atoms with Crippen molar-refractivity contribution in [1.82, 2.24) is 4.90 Å². The summed E-state index contributed by atoms with van der Waals surface area (Å²) in [6, 6.07) is 6.91. The van der Waals surface area contributed by atoms with Gasteiger partial charge in [-0.2, -0.15) is 0 Å². The Labute approximate surface area is 142 Å². The van der Waals surface area contributed by atoms with Crippen molar-refractivity contribution in [3.05, 3.63) is 35.4 Å². The molecule has 0 saturated carbocycles. The monoisotopic (exact) mass is 335 g/mol. The third-order valence-corrected chi connectivity index (χ3v) is 3.99. The highest BCUT2D eigenvalue weighted by molar-refractivity contribution is 5.89.